The van der Waals surface area contributed by atoms with E-state index in [1.165, 1.54) is 30.2 Å². The van der Waals surface area contributed by atoms with Gasteiger partial charge in [0.15, 0.2) is 0 Å². The summed E-state index contributed by atoms with van der Waals surface area (Å²) >= 11 is 1.21. The monoisotopic (exact) mass is 452 g/mol. The van der Waals surface area contributed by atoms with E-state index in [4.69, 9.17) is 9.15 Å². The predicted octanol–water partition coefficient (Wildman–Crippen LogP) is 4.71. The molecule has 1 aliphatic rings. The highest BCUT2D eigenvalue weighted by Gasteiger charge is 2.16. The lowest BCUT2D eigenvalue weighted by Crippen LogP contribution is -2.33. The molecule has 1 amide bonds. The van der Waals surface area contributed by atoms with Crippen LogP contribution in [-0.4, -0.2) is 47.0 Å². The summed E-state index contributed by atoms with van der Waals surface area (Å²) in [5.74, 6) is 2.02. The number of nitrogens with zero attached hydrogens (tertiary/aromatic N) is 3. The minimum atomic E-state index is -0.114. The number of carbonyl (C=O) groups is 1. The van der Waals surface area contributed by atoms with Crippen LogP contribution >= 0.6 is 11.8 Å². The Balaban J connectivity index is 1.24. The maximum Gasteiger partial charge on any atom is 0.277 e. The van der Waals surface area contributed by atoms with Crippen molar-refractivity contribution in [2.24, 2.45) is 5.92 Å². The summed E-state index contributed by atoms with van der Waals surface area (Å²) < 4.78 is 10.8. The van der Waals surface area contributed by atoms with Gasteiger partial charge in [0.25, 0.3) is 5.22 Å². The van der Waals surface area contributed by atoms with Crippen molar-refractivity contribution in [1.29, 1.82) is 0 Å². The van der Waals surface area contributed by atoms with Gasteiger partial charge in [0.2, 0.25) is 11.8 Å². The summed E-state index contributed by atoms with van der Waals surface area (Å²) in [6, 6.07) is 15.4. The fourth-order valence-electron chi connectivity index (χ4n) is 3.82. The average Bonchev–Trinajstić information content (AvgIpc) is 3.28. The standard InChI is InChI=1S/C24H28N4O3S/c1-17-4-3-13-28(14-17)15-18-5-9-20(10-6-18)25-22(29)16-32-24-27-26-23(31-24)19-7-11-21(30-2)12-8-19/h5-12,17H,3-4,13-16H2,1-2H3,(H,25,29). The van der Waals surface area contributed by atoms with Crippen LogP contribution in [0.1, 0.15) is 25.3 Å². The highest BCUT2D eigenvalue weighted by atomic mass is 32.2. The van der Waals surface area contributed by atoms with Gasteiger partial charge in [-0.2, -0.15) is 0 Å². The molecular formula is C24H28N4O3S. The minimum absolute atomic E-state index is 0.114. The number of methoxy groups -OCH3 is 1. The van der Waals surface area contributed by atoms with E-state index >= 15 is 0 Å². The van der Waals surface area contributed by atoms with Crippen molar-refractivity contribution >= 4 is 23.4 Å². The second-order valence-corrected chi connectivity index (χ2v) is 9.04. The number of likely N-dealkylation sites (tertiary alicyclic amines) is 1. The lowest BCUT2D eigenvalue weighted by Gasteiger charge is -2.30. The zero-order valence-electron chi connectivity index (χ0n) is 18.4. The van der Waals surface area contributed by atoms with Crippen LogP contribution in [0.4, 0.5) is 5.69 Å². The topological polar surface area (TPSA) is 80.5 Å². The Hall–Kier alpha value is -2.84. The van der Waals surface area contributed by atoms with Crippen molar-refractivity contribution in [3.8, 4) is 17.2 Å². The predicted molar refractivity (Wildman–Crippen MR) is 126 cm³/mol. The molecule has 1 atom stereocenters. The second kappa shape index (κ2) is 10.7. The fraction of sp³-hybridized carbons (Fsp3) is 0.375. The molecule has 0 saturated carbocycles. The molecule has 1 aliphatic heterocycles. The van der Waals surface area contributed by atoms with E-state index in [1.54, 1.807) is 7.11 Å². The van der Waals surface area contributed by atoms with E-state index in [0.717, 1.165) is 42.6 Å². The first-order valence-corrected chi connectivity index (χ1v) is 11.8. The van der Waals surface area contributed by atoms with Gasteiger partial charge in [0.1, 0.15) is 5.75 Å². The molecule has 3 aromatic rings. The van der Waals surface area contributed by atoms with Gasteiger partial charge in [-0.15, -0.1) is 10.2 Å². The molecule has 2 aromatic carbocycles. The Bertz CT molecular complexity index is 1020. The van der Waals surface area contributed by atoms with Crippen molar-refractivity contribution in [1.82, 2.24) is 15.1 Å². The van der Waals surface area contributed by atoms with E-state index in [1.807, 2.05) is 36.4 Å². The molecular weight excluding hydrogens is 424 g/mol. The van der Waals surface area contributed by atoms with Crippen molar-refractivity contribution in [2.45, 2.75) is 31.5 Å². The zero-order chi connectivity index (χ0) is 22.3. The number of nitrogens with one attached hydrogen (secondary N) is 1. The molecule has 1 N–H and O–H groups in total. The van der Waals surface area contributed by atoms with Crippen LogP contribution in [0.5, 0.6) is 5.75 Å². The molecule has 32 heavy (non-hydrogen) atoms. The maximum atomic E-state index is 12.3. The quantitative estimate of drug-likeness (QED) is 0.496. The van der Waals surface area contributed by atoms with Crippen LogP contribution in [0.3, 0.4) is 0 Å². The van der Waals surface area contributed by atoms with Gasteiger partial charge >= 0.3 is 0 Å². The molecule has 1 fully saturated rings. The molecule has 168 valence electrons. The SMILES string of the molecule is COc1ccc(-c2nnc(SCC(=O)Nc3ccc(CN4CCCC(C)C4)cc3)o2)cc1. The molecule has 1 aromatic heterocycles. The largest absolute Gasteiger partial charge is 0.497 e. The first-order chi connectivity index (χ1) is 15.6. The Morgan fingerprint density at radius 2 is 1.97 bits per heavy atom. The van der Waals surface area contributed by atoms with Crippen LogP contribution in [0.15, 0.2) is 58.2 Å². The van der Waals surface area contributed by atoms with E-state index in [-0.39, 0.29) is 11.7 Å². The number of aromatic nitrogens is 2. The third-order valence-electron chi connectivity index (χ3n) is 5.46. The number of rotatable bonds is 8. The number of amides is 1. The van der Waals surface area contributed by atoms with Gasteiger partial charge in [-0.05, 0) is 67.3 Å². The third-order valence-corrected chi connectivity index (χ3v) is 6.27. The Kier molecular flexibility index (Phi) is 7.44. The van der Waals surface area contributed by atoms with E-state index in [2.05, 4.69) is 39.5 Å². The molecule has 0 radical (unpaired) electrons. The number of piperidine rings is 1. The lowest BCUT2D eigenvalue weighted by molar-refractivity contribution is -0.113. The van der Waals surface area contributed by atoms with Crippen LogP contribution in [0.2, 0.25) is 0 Å². The molecule has 1 saturated heterocycles. The van der Waals surface area contributed by atoms with Gasteiger partial charge in [-0.25, -0.2) is 0 Å². The first kappa shape index (κ1) is 22.4. The molecule has 2 heterocycles. The van der Waals surface area contributed by atoms with Crippen LogP contribution in [-0.2, 0) is 11.3 Å². The number of benzene rings is 2. The molecule has 1 unspecified atom stereocenters. The van der Waals surface area contributed by atoms with Gasteiger partial charge in [-0.3, -0.25) is 9.69 Å². The number of hydrogen-bond donors (Lipinski definition) is 1. The summed E-state index contributed by atoms with van der Waals surface area (Å²) in [6.45, 7) is 5.60. The van der Waals surface area contributed by atoms with Crippen molar-refractivity contribution in [2.75, 3.05) is 31.3 Å². The minimum Gasteiger partial charge on any atom is -0.497 e. The van der Waals surface area contributed by atoms with Crippen molar-refractivity contribution in [3.63, 3.8) is 0 Å². The van der Waals surface area contributed by atoms with Crippen LogP contribution in [0, 0.1) is 5.92 Å². The molecule has 4 rings (SSSR count). The van der Waals surface area contributed by atoms with Crippen molar-refractivity contribution < 1.29 is 13.9 Å². The number of thioether (sulfide) groups is 1. The van der Waals surface area contributed by atoms with Crippen LogP contribution in [0.25, 0.3) is 11.5 Å². The smallest absolute Gasteiger partial charge is 0.277 e. The summed E-state index contributed by atoms with van der Waals surface area (Å²) in [5, 5.41) is 11.4. The molecule has 8 heteroatoms. The maximum absolute atomic E-state index is 12.3. The van der Waals surface area contributed by atoms with E-state index < -0.39 is 0 Å². The highest BCUT2D eigenvalue weighted by Crippen LogP contribution is 2.25. The van der Waals surface area contributed by atoms with Crippen LogP contribution < -0.4 is 10.1 Å². The number of anilines is 1. The summed E-state index contributed by atoms with van der Waals surface area (Å²) in [7, 11) is 1.62. The zero-order valence-corrected chi connectivity index (χ0v) is 19.2. The van der Waals surface area contributed by atoms with Gasteiger partial charge < -0.3 is 14.5 Å². The summed E-state index contributed by atoms with van der Waals surface area (Å²) in [5.41, 5.74) is 2.85. The molecule has 7 nitrogen and oxygen atoms in total. The fourth-order valence-corrected chi connectivity index (χ4v) is 4.39. The highest BCUT2D eigenvalue weighted by molar-refractivity contribution is 7.99. The van der Waals surface area contributed by atoms with E-state index in [0.29, 0.717) is 11.1 Å². The number of ether oxygens (including phenoxy) is 1. The summed E-state index contributed by atoms with van der Waals surface area (Å²) in [6.07, 6.45) is 2.60. The number of hydrogen-bond acceptors (Lipinski definition) is 7. The number of carbonyl (C=O) groups excluding carboxylic acids is 1. The van der Waals surface area contributed by atoms with Gasteiger partial charge in [0.05, 0.1) is 12.9 Å². The van der Waals surface area contributed by atoms with Crippen molar-refractivity contribution in [3.05, 3.63) is 54.1 Å². The molecule has 0 spiro atoms. The Labute approximate surface area is 192 Å². The van der Waals surface area contributed by atoms with Gasteiger partial charge in [-0.1, -0.05) is 30.8 Å². The van der Waals surface area contributed by atoms with Gasteiger partial charge in [0, 0.05) is 24.3 Å². The molecule has 0 aliphatic carbocycles. The summed E-state index contributed by atoms with van der Waals surface area (Å²) in [4.78, 5) is 14.8. The Morgan fingerprint density at radius 3 is 2.69 bits per heavy atom. The lowest BCUT2D eigenvalue weighted by atomic mass is 10.00. The molecule has 0 bridgehead atoms. The average molecular weight is 453 g/mol. The van der Waals surface area contributed by atoms with E-state index in [9.17, 15) is 4.79 Å². The normalized spacial score (nSPS) is 16.6. The second-order valence-electron chi connectivity index (χ2n) is 8.12. The Morgan fingerprint density at radius 1 is 1.19 bits per heavy atom. The third kappa shape index (κ3) is 6.11. The first-order valence-electron chi connectivity index (χ1n) is 10.8.